The second kappa shape index (κ2) is 6.65. The SMILES string of the molecule is CCOP(=O)(Cc1cc([N+](=O)[O-])ccc1O)OCC. The zero-order valence-electron chi connectivity index (χ0n) is 10.7. The van der Waals surface area contributed by atoms with Crippen molar-refractivity contribution >= 4 is 13.3 Å². The molecule has 1 rings (SSSR count). The summed E-state index contributed by atoms with van der Waals surface area (Å²) in [5.74, 6) is -0.176. The zero-order chi connectivity index (χ0) is 14.5. The number of hydrogen-bond donors (Lipinski definition) is 1. The molecule has 106 valence electrons. The van der Waals surface area contributed by atoms with Crippen LogP contribution in [0.15, 0.2) is 18.2 Å². The Morgan fingerprint density at radius 1 is 1.32 bits per heavy atom. The quantitative estimate of drug-likeness (QED) is 0.470. The van der Waals surface area contributed by atoms with E-state index in [0.717, 1.165) is 0 Å². The number of aromatic hydroxyl groups is 1. The fourth-order valence-corrected chi connectivity index (χ4v) is 3.26. The molecule has 0 saturated heterocycles. The van der Waals surface area contributed by atoms with Gasteiger partial charge in [0.25, 0.3) is 5.69 Å². The van der Waals surface area contributed by atoms with Crippen LogP contribution in [0, 0.1) is 10.1 Å². The zero-order valence-corrected chi connectivity index (χ0v) is 11.6. The maximum Gasteiger partial charge on any atom is 0.335 e. The molecule has 0 spiro atoms. The number of phenolic OH excluding ortho intramolecular Hbond substituents is 1. The van der Waals surface area contributed by atoms with Crippen LogP contribution in [0.5, 0.6) is 5.75 Å². The van der Waals surface area contributed by atoms with E-state index in [1.54, 1.807) is 13.8 Å². The first kappa shape index (κ1) is 15.6. The molecule has 0 atom stereocenters. The number of nitrogens with zero attached hydrogens (tertiary/aromatic N) is 1. The largest absolute Gasteiger partial charge is 0.508 e. The third kappa shape index (κ3) is 4.31. The summed E-state index contributed by atoms with van der Waals surface area (Å²) in [6, 6.07) is 3.53. The van der Waals surface area contributed by atoms with Crippen LogP contribution in [0.3, 0.4) is 0 Å². The van der Waals surface area contributed by atoms with E-state index in [1.165, 1.54) is 18.2 Å². The van der Waals surface area contributed by atoms with E-state index < -0.39 is 12.5 Å². The van der Waals surface area contributed by atoms with E-state index in [0.29, 0.717) is 0 Å². The van der Waals surface area contributed by atoms with Crippen molar-refractivity contribution in [1.29, 1.82) is 0 Å². The van der Waals surface area contributed by atoms with Crippen LogP contribution in [0.2, 0.25) is 0 Å². The van der Waals surface area contributed by atoms with E-state index >= 15 is 0 Å². The first-order chi connectivity index (χ1) is 8.91. The van der Waals surface area contributed by atoms with E-state index in [4.69, 9.17) is 9.05 Å². The lowest BCUT2D eigenvalue weighted by molar-refractivity contribution is -0.384. The molecule has 1 aromatic rings. The van der Waals surface area contributed by atoms with Crippen LogP contribution in [0.25, 0.3) is 0 Å². The molecule has 0 heterocycles. The lowest BCUT2D eigenvalue weighted by Gasteiger charge is -2.17. The molecule has 8 heteroatoms. The topological polar surface area (TPSA) is 98.9 Å². The highest BCUT2D eigenvalue weighted by molar-refractivity contribution is 7.53. The van der Waals surface area contributed by atoms with Gasteiger partial charge in [-0.05, 0) is 19.9 Å². The van der Waals surface area contributed by atoms with Crippen molar-refractivity contribution in [3.63, 3.8) is 0 Å². The van der Waals surface area contributed by atoms with Crippen LogP contribution < -0.4 is 0 Å². The maximum absolute atomic E-state index is 12.3. The minimum atomic E-state index is -3.40. The van der Waals surface area contributed by atoms with Gasteiger partial charge in [-0.2, -0.15) is 0 Å². The highest BCUT2D eigenvalue weighted by Gasteiger charge is 2.26. The third-order valence-electron chi connectivity index (χ3n) is 2.29. The Kier molecular flexibility index (Phi) is 5.47. The van der Waals surface area contributed by atoms with Crippen molar-refractivity contribution in [3.05, 3.63) is 33.9 Å². The van der Waals surface area contributed by atoms with Gasteiger partial charge in [0.2, 0.25) is 0 Å². The summed E-state index contributed by atoms with van der Waals surface area (Å²) in [7, 11) is -3.40. The molecule has 19 heavy (non-hydrogen) atoms. The average molecular weight is 289 g/mol. The number of hydrogen-bond acceptors (Lipinski definition) is 6. The highest BCUT2D eigenvalue weighted by Crippen LogP contribution is 2.52. The summed E-state index contributed by atoms with van der Waals surface area (Å²) < 4.78 is 22.5. The van der Waals surface area contributed by atoms with Crippen LogP contribution in [0.4, 0.5) is 5.69 Å². The predicted octanol–water partition coefficient (Wildman–Crippen LogP) is 3.07. The molecule has 1 N–H and O–H groups in total. The number of benzene rings is 1. The van der Waals surface area contributed by atoms with Crippen LogP contribution in [-0.2, 0) is 19.8 Å². The summed E-state index contributed by atoms with van der Waals surface area (Å²) >= 11 is 0. The first-order valence-electron chi connectivity index (χ1n) is 5.76. The van der Waals surface area contributed by atoms with Gasteiger partial charge in [0.05, 0.1) is 24.3 Å². The van der Waals surface area contributed by atoms with Gasteiger partial charge in [-0.3, -0.25) is 14.7 Å². The second-order valence-electron chi connectivity index (χ2n) is 3.67. The Bertz CT molecular complexity index is 494. The minimum absolute atomic E-state index is 0.166. The molecule has 0 amide bonds. The van der Waals surface area contributed by atoms with Crippen molar-refractivity contribution < 1.29 is 23.6 Å². The number of non-ortho nitro benzene ring substituents is 1. The molecule has 0 aliphatic rings. The molecule has 0 aliphatic carbocycles. The Morgan fingerprint density at radius 3 is 2.37 bits per heavy atom. The molecule has 0 unspecified atom stereocenters. The van der Waals surface area contributed by atoms with Crippen molar-refractivity contribution in [2.24, 2.45) is 0 Å². The molecule has 1 aromatic carbocycles. The van der Waals surface area contributed by atoms with Crippen LogP contribution in [0.1, 0.15) is 19.4 Å². The summed E-state index contributed by atoms with van der Waals surface area (Å²) in [6.45, 7) is 3.71. The fraction of sp³-hybridized carbons (Fsp3) is 0.455. The van der Waals surface area contributed by atoms with Crippen molar-refractivity contribution in [2.45, 2.75) is 20.0 Å². The fourth-order valence-electron chi connectivity index (χ4n) is 1.54. The molecule has 0 saturated carbocycles. The number of rotatable bonds is 7. The first-order valence-corrected chi connectivity index (χ1v) is 7.49. The molecule has 0 bridgehead atoms. The number of nitro groups is 1. The van der Waals surface area contributed by atoms with E-state index in [-0.39, 0.29) is 36.4 Å². The van der Waals surface area contributed by atoms with Gasteiger partial charge in [0.1, 0.15) is 5.75 Å². The van der Waals surface area contributed by atoms with Gasteiger partial charge in [0, 0.05) is 17.7 Å². The number of nitro benzene ring substituents is 1. The summed E-state index contributed by atoms with van der Waals surface area (Å²) in [5.41, 5.74) is -0.0215. The summed E-state index contributed by atoms with van der Waals surface area (Å²) in [6.07, 6.45) is -0.206. The lowest BCUT2D eigenvalue weighted by Crippen LogP contribution is -2.00. The van der Waals surface area contributed by atoms with Gasteiger partial charge in [-0.15, -0.1) is 0 Å². The van der Waals surface area contributed by atoms with E-state index in [1.807, 2.05) is 0 Å². The smallest absolute Gasteiger partial charge is 0.335 e. The molecule has 0 aromatic heterocycles. The molecular weight excluding hydrogens is 273 g/mol. The Balaban J connectivity index is 3.05. The third-order valence-corrected chi connectivity index (χ3v) is 4.32. The summed E-state index contributed by atoms with van der Waals surface area (Å²) in [4.78, 5) is 10.1. The van der Waals surface area contributed by atoms with Crippen LogP contribution in [-0.4, -0.2) is 23.2 Å². The van der Waals surface area contributed by atoms with Crippen LogP contribution >= 0.6 is 7.60 Å². The summed E-state index contributed by atoms with van der Waals surface area (Å²) in [5, 5.41) is 20.3. The Morgan fingerprint density at radius 2 is 1.89 bits per heavy atom. The molecule has 7 nitrogen and oxygen atoms in total. The molecular formula is C11H16NO6P. The normalized spacial score (nSPS) is 11.5. The van der Waals surface area contributed by atoms with Gasteiger partial charge >= 0.3 is 7.60 Å². The van der Waals surface area contributed by atoms with Gasteiger partial charge in [-0.1, -0.05) is 0 Å². The predicted molar refractivity (Wildman–Crippen MR) is 69.3 cm³/mol. The van der Waals surface area contributed by atoms with E-state index in [2.05, 4.69) is 0 Å². The molecule has 0 fully saturated rings. The van der Waals surface area contributed by atoms with Crippen molar-refractivity contribution in [2.75, 3.05) is 13.2 Å². The average Bonchev–Trinajstić information content (AvgIpc) is 2.32. The van der Waals surface area contributed by atoms with Gasteiger partial charge in [-0.25, -0.2) is 0 Å². The van der Waals surface area contributed by atoms with Crippen molar-refractivity contribution in [3.8, 4) is 5.75 Å². The Hall–Kier alpha value is -1.43. The monoisotopic (exact) mass is 289 g/mol. The standard InChI is InChI=1S/C11H16NO6P/c1-3-17-19(16,18-4-2)8-9-7-10(12(14)15)5-6-11(9)13/h5-7,13H,3-4,8H2,1-2H3. The minimum Gasteiger partial charge on any atom is -0.508 e. The van der Waals surface area contributed by atoms with Gasteiger partial charge < -0.3 is 14.2 Å². The van der Waals surface area contributed by atoms with Crippen molar-refractivity contribution in [1.82, 2.24) is 0 Å². The van der Waals surface area contributed by atoms with Gasteiger partial charge in [0.15, 0.2) is 0 Å². The Labute approximate surface area is 110 Å². The molecule has 0 radical (unpaired) electrons. The maximum atomic E-state index is 12.3. The van der Waals surface area contributed by atoms with E-state index in [9.17, 15) is 19.8 Å². The highest BCUT2D eigenvalue weighted by atomic mass is 31.2. The number of phenols is 1. The second-order valence-corrected chi connectivity index (χ2v) is 5.73. The lowest BCUT2D eigenvalue weighted by atomic mass is 10.2. The molecule has 0 aliphatic heterocycles.